The van der Waals surface area contributed by atoms with E-state index in [1.54, 1.807) is 0 Å². The Hall–Kier alpha value is -1.09. The van der Waals surface area contributed by atoms with Gasteiger partial charge in [-0.15, -0.1) is 0 Å². The Morgan fingerprint density at radius 3 is 2.43 bits per heavy atom. The zero-order chi connectivity index (χ0) is 15.0. The number of pyridine rings is 1. The summed E-state index contributed by atoms with van der Waals surface area (Å²) in [4.78, 5) is 7.46. The molecule has 0 aliphatic heterocycles. The van der Waals surface area contributed by atoms with Gasteiger partial charge in [0, 0.05) is 36.3 Å². The molecular formula is C18H29N3. The molecule has 0 radical (unpaired) electrons. The molecule has 1 aromatic heterocycles. The van der Waals surface area contributed by atoms with Gasteiger partial charge in [-0.25, -0.2) is 4.98 Å². The molecule has 0 amide bonds. The van der Waals surface area contributed by atoms with Gasteiger partial charge in [0.25, 0.3) is 0 Å². The number of anilines is 1. The zero-order valence-electron chi connectivity index (χ0n) is 13.9. The molecule has 2 fully saturated rings. The topological polar surface area (TPSA) is 28.2 Å². The molecule has 0 bridgehead atoms. The molecule has 2 saturated carbocycles. The van der Waals surface area contributed by atoms with Crippen LogP contribution in [0.2, 0.25) is 0 Å². The molecule has 3 nitrogen and oxygen atoms in total. The first-order chi connectivity index (χ1) is 9.97. The normalized spacial score (nSPS) is 18.9. The van der Waals surface area contributed by atoms with E-state index in [1.165, 1.54) is 42.8 Å². The molecule has 0 aromatic carbocycles. The largest absolute Gasteiger partial charge is 0.354 e. The van der Waals surface area contributed by atoms with E-state index in [1.807, 2.05) is 0 Å². The zero-order valence-corrected chi connectivity index (χ0v) is 13.9. The highest BCUT2D eigenvalue weighted by Crippen LogP contribution is 2.32. The summed E-state index contributed by atoms with van der Waals surface area (Å²) in [5, 5.41) is 3.63. The first-order valence-corrected chi connectivity index (χ1v) is 8.49. The highest BCUT2D eigenvalue weighted by Gasteiger charge is 2.30. The van der Waals surface area contributed by atoms with Crippen LogP contribution in [0.5, 0.6) is 0 Å². The Kier molecular flexibility index (Phi) is 3.96. The molecule has 116 valence electrons. The van der Waals surface area contributed by atoms with Gasteiger partial charge >= 0.3 is 0 Å². The second kappa shape index (κ2) is 5.60. The minimum Gasteiger partial charge on any atom is -0.354 e. The molecular weight excluding hydrogens is 258 g/mol. The summed E-state index contributed by atoms with van der Waals surface area (Å²) < 4.78 is 0. The third-order valence-electron chi connectivity index (χ3n) is 4.43. The van der Waals surface area contributed by atoms with Gasteiger partial charge in [0.15, 0.2) is 0 Å². The van der Waals surface area contributed by atoms with Crippen LogP contribution in [0, 0.1) is 0 Å². The molecule has 0 saturated heterocycles. The van der Waals surface area contributed by atoms with E-state index < -0.39 is 0 Å². The smallest absolute Gasteiger partial charge is 0.129 e. The molecule has 1 heterocycles. The van der Waals surface area contributed by atoms with E-state index in [2.05, 4.69) is 50.0 Å². The van der Waals surface area contributed by atoms with Crippen LogP contribution in [-0.4, -0.2) is 23.6 Å². The SMILES string of the molecule is CCN(c1cc(CNC2CC2)cc(C(C)(C)C)n1)C1CC1. The highest BCUT2D eigenvalue weighted by atomic mass is 15.2. The molecule has 2 aliphatic rings. The summed E-state index contributed by atoms with van der Waals surface area (Å²) in [7, 11) is 0. The predicted molar refractivity (Wildman–Crippen MR) is 88.8 cm³/mol. The second-order valence-electron chi connectivity index (χ2n) is 7.64. The first kappa shape index (κ1) is 14.8. The lowest BCUT2D eigenvalue weighted by atomic mass is 9.90. The van der Waals surface area contributed by atoms with Crippen LogP contribution in [0.25, 0.3) is 0 Å². The molecule has 2 aliphatic carbocycles. The van der Waals surface area contributed by atoms with Crippen molar-refractivity contribution in [3.05, 3.63) is 23.4 Å². The van der Waals surface area contributed by atoms with E-state index >= 15 is 0 Å². The van der Waals surface area contributed by atoms with E-state index in [0.29, 0.717) is 0 Å². The monoisotopic (exact) mass is 287 g/mol. The lowest BCUT2D eigenvalue weighted by molar-refractivity contribution is 0.564. The van der Waals surface area contributed by atoms with Crippen molar-refractivity contribution in [1.82, 2.24) is 10.3 Å². The quantitative estimate of drug-likeness (QED) is 0.866. The van der Waals surface area contributed by atoms with Gasteiger partial charge in [0.05, 0.1) is 0 Å². The number of hydrogen-bond acceptors (Lipinski definition) is 3. The van der Waals surface area contributed by atoms with Gasteiger partial charge in [-0.3, -0.25) is 0 Å². The Labute approximate surface area is 129 Å². The Balaban J connectivity index is 1.87. The van der Waals surface area contributed by atoms with Crippen LogP contribution < -0.4 is 10.2 Å². The van der Waals surface area contributed by atoms with Gasteiger partial charge in [0.2, 0.25) is 0 Å². The molecule has 0 atom stereocenters. The molecule has 1 aromatic rings. The van der Waals surface area contributed by atoms with Crippen LogP contribution in [0.4, 0.5) is 5.82 Å². The number of rotatable bonds is 6. The van der Waals surface area contributed by atoms with Gasteiger partial charge < -0.3 is 10.2 Å². The van der Waals surface area contributed by atoms with E-state index in [4.69, 9.17) is 4.98 Å². The van der Waals surface area contributed by atoms with Crippen LogP contribution >= 0.6 is 0 Å². The molecule has 1 N–H and O–H groups in total. The Bertz CT molecular complexity index is 496. The summed E-state index contributed by atoms with van der Waals surface area (Å²) in [5.74, 6) is 1.18. The first-order valence-electron chi connectivity index (χ1n) is 8.49. The van der Waals surface area contributed by atoms with Crippen molar-refractivity contribution in [3.63, 3.8) is 0 Å². The average Bonchev–Trinajstić information content (AvgIpc) is 3.30. The predicted octanol–water partition coefficient (Wildman–Crippen LogP) is 3.62. The number of hydrogen-bond donors (Lipinski definition) is 1. The van der Waals surface area contributed by atoms with Crippen LogP contribution in [0.3, 0.4) is 0 Å². The maximum atomic E-state index is 4.98. The van der Waals surface area contributed by atoms with Crippen molar-refractivity contribution in [3.8, 4) is 0 Å². The van der Waals surface area contributed by atoms with Crippen molar-refractivity contribution in [2.45, 2.75) is 77.4 Å². The van der Waals surface area contributed by atoms with Crippen molar-refractivity contribution in [2.24, 2.45) is 0 Å². The Morgan fingerprint density at radius 1 is 1.19 bits per heavy atom. The number of aromatic nitrogens is 1. The van der Waals surface area contributed by atoms with Gasteiger partial charge in [0.1, 0.15) is 5.82 Å². The van der Waals surface area contributed by atoms with Gasteiger partial charge in [-0.1, -0.05) is 20.8 Å². The van der Waals surface area contributed by atoms with Gasteiger partial charge in [-0.05, 0) is 50.3 Å². The Morgan fingerprint density at radius 2 is 1.90 bits per heavy atom. The maximum Gasteiger partial charge on any atom is 0.129 e. The summed E-state index contributed by atoms with van der Waals surface area (Å²) in [6, 6.07) is 6.07. The minimum atomic E-state index is 0.104. The average molecular weight is 287 g/mol. The lowest BCUT2D eigenvalue weighted by Crippen LogP contribution is -2.28. The fourth-order valence-electron chi connectivity index (χ4n) is 2.75. The molecule has 0 spiro atoms. The summed E-state index contributed by atoms with van der Waals surface area (Å²) >= 11 is 0. The minimum absolute atomic E-state index is 0.104. The summed E-state index contributed by atoms with van der Waals surface area (Å²) in [6.45, 7) is 11.0. The van der Waals surface area contributed by atoms with Crippen LogP contribution in [0.1, 0.15) is 64.6 Å². The van der Waals surface area contributed by atoms with Gasteiger partial charge in [-0.2, -0.15) is 0 Å². The third-order valence-corrected chi connectivity index (χ3v) is 4.43. The summed E-state index contributed by atoms with van der Waals surface area (Å²) in [6.07, 6.45) is 5.33. The standard InChI is InChI=1S/C18H29N3/c1-5-21(15-8-9-15)17-11-13(12-19-14-6-7-14)10-16(20-17)18(2,3)4/h10-11,14-15,19H,5-9,12H2,1-4H3. The maximum absolute atomic E-state index is 4.98. The summed E-state index contributed by atoms with van der Waals surface area (Å²) in [5.41, 5.74) is 2.70. The molecule has 0 unspecified atom stereocenters. The van der Waals surface area contributed by atoms with Crippen molar-refractivity contribution >= 4 is 5.82 Å². The van der Waals surface area contributed by atoms with E-state index in [-0.39, 0.29) is 5.41 Å². The fourth-order valence-corrected chi connectivity index (χ4v) is 2.75. The fraction of sp³-hybridized carbons (Fsp3) is 0.722. The lowest BCUT2D eigenvalue weighted by Gasteiger charge is -2.26. The van der Waals surface area contributed by atoms with Crippen molar-refractivity contribution < 1.29 is 0 Å². The molecule has 21 heavy (non-hydrogen) atoms. The molecule has 3 rings (SSSR count). The van der Waals surface area contributed by atoms with Crippen LogP contribution in [0.15, 0.2) is 12.1 Å². The number of nitrogens with one attached hydrogen (secondary N) is 1. The second-order valence-corrected chi connectivity index (χ2v) is 7.64. The molecule has 3 heteroatoms. The highest BCUT2D eigenvalue weighted by molar-refractivity contribution is 5.46. The van der Waals surface area contributed by atoms with E-state index in [9.17, 15) is 0 Å². The van der Waals surface area contributed by atoms with Crippen molar-refractivity contribution in [1.29, 1.82) is 0 Å². The van der Waals surface area contributed by atoms with E-state index in [0.717, 1.165) is 25.2 Å². The number of nitrogens with zero attached hydrogens (tertiary/aromatic N) is 2. The third kappa shape index (κ3) is 3.76. The van der Waals surface area contributed by atoms with Crippen LogP contribution in [-0.2, 0) is 12.0 Å². The van der Waals surface area contributed by atoms with Crippen molar-refractivity contribution in [2.75, 3.05) is 11.4 Å².